The number of ether oxygens (including phenoxy) is 1. The summed E-state index contributed by atoms with van der Waals surface area (Å²) in [4.78, 5) is 19.6. The first-order valence-electron chi connectivity index (χ1n) is 9.55. The molecule has 4 nitrogen and oxygen atoms in total. The molecular weight excluding hydrogens is 455 g/mol. The maximum atomic E-state index is 13.4. The third kappa shape index (κ3) is 4.47. The second-order valence-electron chi connectivity index (χ2n) is 6.68. The second kappa shape index (κ2) is 9.15. The average Bonchev–Trinajstić information content (AvgIpc) is 3.07. The lowest BCUT2D eigenvalue weighted by atomic mass is 10.1. The number of benzene rings is 3. The van der Waals surface area contributed by atoms with E-state index in [0.29, 0.717) is 44.3 Å². The fourth-order valence-corrected chi connectivity index (χ4v) is 3.89. The minimum atomic E-state index is -0.287. The Balaban J connectivity index is 1.81. The fourth-order valence-electron chi connectivity index (χ4n) is 3.20. The van der Waals surface area contributed by atoms with Gasteiger partial charge in [-0.25, -0.2) is 4.99 Å². The lowest BCUT2D eigenvalue weighted by Gasteiger charge is -2.19. The van der Waals surface area contributed by atoms with Crippen molar-refractivity contribution >= 4 is 58.3 Å². The number of carbonyl (C=O) groups excluding carboxylic acids is 1. The van der Waals surface area contributed by atoms with Crippen molar-refractivity contribution < 1.29 is 9.53 Å². The van der Waals surface area contributed by atoms with Crippen molar-refractivity contribution in [3.8, 4) is 5.75 Å². The van der Waals surface area contributed by atoms with Gasteiger partial charge in [-0.2, -0.15) is 0 Å². The first-order valence-corrected chi connectivity index (χ1v) is 10.7. The highest BCUT2D eigenvalue weighted by atomic mass is 35.5. The van der Waals surface area contributed by atoms with E-state index in [0.717, 1.165) is 5.75 Å². The number of halogens is 3. The van der Waals surface area contributed by atoms with E-state index in [9.17, 15) is 4.79 Å². The first kappa shape index (κ1) is 21.4. The van der Waals surface area contributed by atoms with Crippen molar-refractivity contribution in [1.29, 1.82) is 0 Å². The number of amidine groups is 1. The highest BCUT2D eigenvalue weighted by molar-refractivity contribution is 6.40. The Kier molecular flexibility index (Phi) is 6.33. The van der Waals surface area contributed by atoms with E-state index in [1.807, 2.05) is 49.4 Å². The third-order valence-electron chi connectivity index (χ3n) is 4.64. The molecule has 0 N–H and O–H groups in total. The van der Waals surface area contributed by atoms with Crippen LogP contribution in [0, 0.1) is 0 Å². The van der Waals surface area contributed by atoms with Crippen molar-refractivity contribution in [3.05, 3.63) is 98.6 Å². The second-order valence-corrected chi connectivity index (χ2v) is 7.93. The molecule has 3 aromatic carbocycles. The summed E-state index contributed by atoms with van der Waals surface area (Å²) in [6, 6.07) is 19.6. The molecule has 0 saturated carbocycles. The molecule has 31 heavy (non-hydrogen) atoms. The Morgan fingerprint density at radius 2 is 1.71 bits per heavy atom. The van der Waals surface area contributed by atoms with Crippen LogP contribution in [-0.4, -0.2) is 18.3 Å². The Morgan fingerprint density at radius 1 is 0.968 bits per heavy atom. The molecule has 1 aliphatic heterocycles. The number of amides is 1. The highest BCUT2D eigenvalue weighted by Gasteiger charge is 2.33. The van der Waals surface area contributed by atoms with E-state index in [-0.39, 0.29) is 11.6 Å². The van der Waals surface area contributed by atoms with Crippen LogP contribution in [0.3, 0.4) is 0 Å². The normalized spacial score (nSPS) is 14.8. The minimum Gasteiger partial charge on any atom is -0.494 e. The van der Waals surface area contributed by atoms with E-state index in [4.69, 9.17) is 39.5 Å². The lowest BCUT2D eigenvalue weighted by Crippen LogP contribution is -2.32. The van der Waals surface area contributed by atoms with Crippen LogP contribution in [0.4, 0.5) is 5.69 Å². The first-order chi connectivity index (χ1) is 15.0. The van der Waals surface area contributed by atoms with Crippen molar-refractivity contribution in [2.75, 3.05) is 11.5 Å². The van der Waals surface area contributed by atoms with Gasteiger partial charge in [0.2, 0.25) is 0 Å². The standard InChI is InChI=1S/C24H17Cl3N2O2/c1-2-31-18-11-9-17(10-12-18)29-23(19-5-3-4-6-20(19)26)28-22(24(29)30)13-15-7-8-16(25)14-21(15)27/h3-14H,2H2,1H3/b22-13+. The Labute approximate surface area is 195 Å². The zero-order valence-electron chi connectivity index (χ0n) is 16.5. The molecule has 1 amide bonds. The third-order valence-corrected chi connectivity index (χ3v) is 5.53. The van der Waals surface area contributed by atoms with Crippen molar-refractivity contribution in [3.63, 3.8) is 0 Å². The molecule has 0 aliphatic carbocycles. The predicted octanol–water partition coefficient (Wildman–Crippen LogP) is 6.88. The van der Waals surface area contributed by atoms with Crippen LogP contribution in [-0.2, 0) is 4.79 Å². The van der Waals surface area contributed by atoms with Crippen LogP contribution in [0.5, 0.6) is 5.75 Å². The van der Waals surface area contributed by atoms with Crippen molar-refractivity contribution in [1.82, 2.24) is 0 Å². The maximum Gasteiger partial charge on any atom is 0.282 e. The van der Waals surface area contributed by atoms with E-state index < -0.39 is 0 Å². The zero-order chi connectivity index (χ0) is 22.0. The molecule has 7 heteroatoms. The van der Waals surface area contributed by atoms with Crippen LogP contribution >= 0.6 is 34.8 Å². The molecule has 0 aromatic heterocycles. The molecule has 4 rings (SSSR count). The summed E-state index contributed by atoms with van der Waals surface area (Å²) < 4.78 is 5.51. The summed E-state index contributed by atoms with van der Waals surface area (Å²) in [6.07, 6.45) is 1.65. The van der Waals surface area contributed by atoms with Gasteiger partial charge in [-0.15, -0.1) is 0 Å². The summed E-state index contributed by atoms with van der Waals surface area (Å²) in [5, 5.41) is 1.44. The van der Waals surface area contributed by atoms with Crippen molar-refractivity contribution in [2.24, 2.45) is 4.99 Å². The van der Waals surface area contributed by atoms with E-state index in [2.05, 4.69) is 4.99 Å². The molecular formula is C24H17Cl3N2O2. The molecule has 0 spiro atoms. The smallest absolute Gasteiger partial charge is 0.282 e. The highest BCUT2D eigenvalue weighted by Crippen LogP contribution is 2.32. The van der Waals surface area contributed by atoms with E-state index in [1.165, 1.54) is 4.90 Å². The van der Waals surface area contributed by atoms with Gasteiger partial charge in [0.05, 0.1) is 17.3 Å². The molecule has 0 atom stereocenters. The quantitative estimate of drug-likeness (QED) is 0.381. The Bertz CT molecular complexity index is 1200. The van der Waals surface area contributed by atoms with Crippen LogP contribution in [0.25, 0.3) is 6.08 Å². The molecule has 0 bridgehead atoms. The topological polar surface area (TPSA) is 41.9 Å². The summed E-state index contributed by atoms with van der Waals surface area (Å²) in [5.74, 6) is 0.874. The van der Waals surface area contributed by atoms with Gasteiger partial charge in [0.1, 0.15) is 17.3 Å². The summed E-state index contributed by atoms with van der Waals surface area (Å²) in [5.41, 5.74) is 2.19. The van der Waals surface area contributed by atoms with Crippen LogP contribution in [0.2, 0.25) is 15.1 Å². The van der Waals surface area contributed by atoms with Gasteiger partial charge in [0.25, 0.3) is 5.91 Å². The monoisotopic (exact) mass is 470 g/mol. The average molecular weight is 472 g/mol. The van der Waals surface area contributed by atoms with Crippen LogP contribution in [0.15, 0.2) is 77.4 Å². The Morgan fingerprint density at radius 3 is 2.39 bits per heavy atom. The van der Waals surface area contributed by atoms with Gasteiger partial charge in [-0.1, -0.05) is 53.0 Å². The summed E-state index contributed by atoms with van der Waals surface area (Å²) in [7, 11) is 0. The Hall–Kier alpha value is -2.79. The number of nitrogens with zero attached hydrogens (tertiary/aromatic N) is 2. The number of aliphatic imine (C=N–C) groups is 1. The fraction of sp³-hybridized carbons (Fsp3) is 0.0833. The molecule has 1 heterocycles. The molecule has 0 saturated heterocycles. The predicted molar refractivity (Wildman–Crippen MR) is 128 cm³/mol. The van der Waals surface area contributed by atoms with Gasteiger partial charge in [-0.05, 0) is 67.1 Å². The summed E-state index contributed by atoms with van der Waals surface area (Å²) in [6.45, 7) is 2.47. The molecule has 156 valence electrons. The van der Waals surface area contributed by atoms with Crippen LogP contribution in [0.1, 0.15) is 18.1 Å². The van der Waals surface area contributed by atoms with Crippen molar-refractivity contribution in [2.45, 2.75) is 6.92 Å². The molecule has 1 aliphatic rings. The number of hydrogen-bond acceptors (Lipinski definition) is 3. The number of hydrogen-bond donors (Lipinski definition) is 0. The molecule has 0 unspecified atom stereocenters. The van der Waals surface area contributed by atoms with Gasteiger partial charge in [-0.3, -0.25) is 9.69 Å². The van der Waals surface area contributed by atoms with E-state index >= 15 is 0 Å². The lowest BCUT2D eigenvalue weighted by molar-refractivity contribution is -0.113. The largest absolute Gasteiger partial charge is 0.494 e. The summed E-state index contributed by atoms with van der Waals surface area (Å²) >= 11 is 18.7. The van der Waals surface area contributed by atoms with Gasteiger partial charge >= 0.3 is 0 Å². The van der Waals surface area contributed by atoms with Gasteiger partial charge < -0.3 is 4.74 Å². The number of carbonyl (C=O) groups is 1. The van der Waals surface area contributed by atoms with Crippen LogP contribution < -0.4 is 9.64 Å². The zero-order valence-corrected chi connectivity index (χ0v) is 18.7. The van der Waals surface area contributed by atoms with Gasteiger partial charge in [0.15, 0.2) is 0 Å². The van der Waals surface area contributed by atoms with Gasteiger partial charge in [0, 0.05) is 15.6 Å². The SMILES string of the molecule is CCOc1ccc(N2C(=O)/C(=C\c3ccc(Cl)cc3Cl)N=C2c2ccccc2Cl)cc1. The molecule has 3 aromatic rings. The molecule has 0 fully saturated rings. The maximum absolute atomic E-state index is 13.4. The molecule has 0 radical (unpaired) electrons. The minimum absolute atomic E-state index is 0.244. The number of rotatable bonds is 5. The van der Waals surface area contributed by atoms with E-state index in [1.54, 1.807) is 30.3 Å². The number of anilines is 1.